The second kappa shape index (κ2) is 5.56. The predicted molar refractivity (Wildman–Crippen MR) is 57.1 cm³/mol. The Morgan fingerprint density at radius 2 is 2.00 bits per heavy atom. The lowest BCUT2D eigenvalue weighted by atomic mass is 10.1. The van der Waals surface area contributed by atoms with Gasteiger partial charge in [0.15, 0.2) is 0 Å². The quantitative estimate of drug-likeness (QED) is 0.251. The molecule has 0 heterocycles. The van der Waals surface area contributed by atoms with Crippen LogP contribution in [0.5, 0.6) is 0 Å². The number of aliphatic carboxylic acids is 1. The Balaban J connectivity index is 4.58. The van der Waals surface area contributed by atoms with Crippen molar-refractivity contribution in [2.24, 2.45) is 0 Å². The van der Waals surface area contributed by atoms with Gasteiger partial charge in [-0.15, -0.1) is 6.58 Å². The fourth-order valence-corrected chi connectivity index (χ4v) is 0.764. The number of carbonyl (C=O) groups is 1. The van der Waals surface area contributed by atoms with Crippen LogP contribution in [0.15, 0.2) is 24.0 Å². The molecule has 0 saturated heterocycles. The molecule has 0 saturated carbocycles. The van der Waals surface area contributed by atoms with Gasteiger partial charge in [-0.05, 0) is 27.7 Å². The van der Waals surface area contributed by atoms with Crippen molar-refractivity contribution in [1.29, 1.82) is 0 Å². The largest absolute Gasteiger partial charge is 0.478 e. The van der Waals surface area contributed by atoms with Crippen molar-refractivity contribution in [3.05, 3.63) is 24.0 Å². The van der Waals surface area contributed by atoms with E-state index >= 15 is 0 Å². The van der Waals surface area contributed by atoms with E-state index in [1.807, 2.05) is 20.8 Å². The van der Waals surface area contributed by atoms with Crippen molar-refractivity contribution >= 4 is 5.97 Å². The second-order valence-electron chi connectivity index (χ2n) is 4.11. The van der Waals surface area contributed by atoms with E-state index in [9.17, 15) is 4.79 Å². The number of allylic oxidation sites excluding steroid dienone is 2. The summed E-state index contributed by atoms with van der Waals surface area (Å²) in [4.78, 5) is 20.8. The molecule has 0 unspecified atom stereocenters. The monoisotopic (exact) mass is 214 g/mol. The van der Waals surface area contributed by atoms with Crippen LogP contribution < -0.4 is 0 Å². The first-order chi connectivity index (χ1) is 6.78. The molecule has 0 bridgehead atoms. The van der Waals surface area contributed by atoms with Gasteiger partial charge in [0.2, 0.25) is 0 Å². The molecule has 86 valence electrons. The average molecular weight is 214 g/mol. The standard InChI is InChI=1S/C11H18O4/c1-6-7-9(10(12)13)8(2)14-15-11(3,4)5/h6H,1,7H2,2-5H3,(H,12,13). The van der Waals surface area contributed by atoms with Crippen molar-refractivity contribution in [3.8, 4) is 0 Å². The van der Waals surface area contributed by atoms with E-state index < -0.39 is 11.6 Å². The molecule has 0 aliphatic heterocycles. The number of carboxylic acid groups (broad SMARTS) is 1. The van der Waals surface area contributed by atoms with E-state index in [0.717, 1.165) is 0 Å². The van der Waals surface area contributed by atoms with Crippen LogP contribution in [-0.2, 0) is 14.6 Å². The molecule has 0 aliphatic rings. The topological polar surface area (TPSA) is 55.8 Å². The van der Waals surface area contributed by atoms with Crippen LogP contribution in [0.4, 0.5) is 0 Å². The van der Waals surface area contributed by atoms with Gasteiger partial charge in [-0.2, -0.15) is 4.89 Å². The van der Waals surface area contributed by atoms with Crippen molar-refractivity contribution < 1.29 is 19.7 Å². The Hall–Kier alpha value is -1.29. The Bertz CT molecular complexity index is 271. The lowest BCUT2D eigenvalue weighted by Crippen LogP contribution is -2.19. The molecule has 15 heavy (non-hydrogen) atoms. The van der Waals surface area contributed by atoms with Gasteiger partial charge in [-0.3, -0.25) is 0 Å². The van der Waals surface area contributed by atoms with E-state index in [-0.39, 0.29) is 17.8 Å². The van der Waals surface area contributed by atoms with Crippen molar-refractivity contribution in [2.75, 3.05) is 0 Å². The molecule has 0 fully saturated rings. The smallest absolute Gasteiger partial charge is 0.335 e. The maximum absolute atomic E-state index is 10.8. The summed E-state index contributed by atoms with van der Waals surface area (Å²) in [5.41, 5.74) is -0.326. The van der Waals surface area contributed by atoms with Crippen LogP contribution in [-0.4, -0.2) is 16.7 Å². The number of rotatable bonds is 5. The van der Waals surface area contributed by atoms with Crippen LogP contribution in [0.2, 0.25) is 0 Å². The van der Waals surface area contributed by atoms with Crippen molar-refractivity contribution in [1.82, 2.24) is 0 Å². The Morgan fingerprint density at radius 3 is 2.33 bits per heavy atom. The zero-order chi connectivity index (χ0) is 12.1. The average Bonchev–Trinajstić information content (AvgIpc) is 2.08. The predicted octanol–water partition coefficient (Wildman–Crippen LogP) is 2.67. The zero-order valence-corrected chi connectivity index (χ0v) is 9.66. The van der Waals surface area contributed by atoms with Gasteiger partial charge in [0.1, 0.15) is 11.4 Å². The molecule has 0 atom stereocenters. The summed E-state index contributed by atoms with van der Waals surface area (Å²) in [5, 5.41) is 8.86. The SMILES string of the molecule is C=CCC(C(=O)O)=C(C)OOC(C)(C)C. The van der Waals surface area contributed by atoms with Crippen LogP contribution >= 0.6 is 0 Å². The minimum absolute atomic E-state index is 0.147. The molecule has 0 aromatic carbocycles. The number of hydrogen-bond donors (Lipinski definition) is 1. The Morgan fingerprint density at radius 1 is 1.47 bits per heavy atom. The van der Waals surface area contributed by atoms with E-state index in [1.165, 1.54) is 6.08 Å². The third-order valence-electron chi connectivity index (χ3n) is 1.45. The maximum atomic E-state index is 10.8. The van der Waals surface area contributed by atoms with E-state index in [2.05, 4.69) is 6.58 Å². The fourth-order valence-electron chi connectivity index (χ4n) is 0.764. The van der Waals surface area contributed by atoms with Crippen LogP contribution in [0, 0.1) is 0 Å². The summed E-state index contributed by atoms with van der Waals surface area (Å²) in [6.07, 6.45) is 1.75. The summed E-state index contributed by atoms with van der Waals surface area (Å²) in [5.74, 6) is -0.776. The highest BCUT2D eigenvalue weighted by atomic mass is 17.2. The molecule has 0 radical (unpaired) electrons. The molecule has 4 nitrogen and oxygen atoms in total. The lowest BCUT2D eigenvalue weighted by molar-refractivity contribution is -0.321. The summed E-state index contributed by atoms with van der Waals surface area (Å²) in [6.45, 7) is 10.5. The third kappa shape index (κ3) is 5.91. The van der Waals surface area contributed by atoms with E-state index in [0.29, 0.717) is 0 Å². The molecular weight excluding hydrogens is 196 g/mol. The molecule has 4 heteroatoms. The van der Waals surface area contributed by atoms with Gasteiger partial charge >= 0.3 is 5.97 Å². The normalized spacial score (nSPS) is 13.1. The molecule has 0 aromatic heterocycles. The highest BCUT2D eigenvalue weighted by Gasteiger charge is 2.16. The van der Waals surface area contributed by atoms with Gasteiger partial charge in [0.05, 0.1) is 5.57 Å². The van der Waals surface area contributed by atoms with Crippen LogP contribution in [0.25, 0.3) is 0 Å². The highest BCUT2D eigenvalue weighted by Crippen LogP contribution is 2.15. The molecule has 0 spiro atoms. The maximum Gasteiger partial charge on any atom is 0.335 e. The third-order valence-corrected chi connectivity index (χ3v) is 1.45. The van der Waals surface area contributed by atoms with Crippen molar-refractivity contribution in [2.45, 2.75) is 39.7 Å². The highest BCUT2D eigenvalue weighted by molar-refractivity contribution is 5.87. The second-order valence-corrected chi connectivity index (χ2v) is 4.11. The minimum atomic E-state index is -1.02. The molecule has 0 aromatic rings. The summed E-state index contributed by atoms with van der Waals surface area (Å²) in [6, 6.07) is 0. The summed E-state index contributed by atoms with van der Waals surface area (Å²) >= 11 is 0. The van der Waals surface area contributed by atoms with Gasteiger partial charge < -0.3 is 9.99 Å². The molecule has 0 aliphatic carbocycles. The summed E-state index contributed by atoms with van der Waals surface area (Å²) < 4.78 is 0. The zero-order valence-electron chi connectivity index (χ0n) is 9.66. The molecule has 0 amide bonds. The summed E-state index contributed by atoms with van der Waals surface area (Å²) in [7, 11) is 0. The fraction of sp³-hybridized carbons (Fsp3) is 0.545. The van der Waals surface area contributed by atoms with Crippen LogP contribution in [0.1, 0.15) is 34.1 Å². The number of hydrogen-bond acceptors (Lipinski definition) is 3. The molecule has 1 N–H and O–H groups in total. The first-order valence-electron chi connectivity index (χ1n) is 4.67. The Labute approximate surface area is 90.1 Å². The van der Waals surface area contributed by atoms with Crippen LogP contribution in [0.3, 0.4) is 0 Å². The first kappa shape index (κ1) is 13.7. The van der Waals surface area contributed by atoms with E-state index in [4.69, 9.17) is 14.9 Å². The van der Waals surface area contributed by atoms with Gasteiger partial charge in [-0.1, -0.05) is 6.08 Å². The van der Waals surface area contributed by atoms with Gasteiger partial charge in [0.25, 0.3) is 0 Å². The number of carboxylic acids is 1. The minimum Gasteiger partial charge on any atom is -0.478 e. The van der Waals surface area contributed by atoms with Gasteiger partial charge in [0, 0.05) is 6.42 Å². The van der Waals surface area contributed by atoms with Crippen molar-refractivity contribution in [3.63, 3.8) is 0 Å². The van der Waals surface area contributed by atoms with E-state index in [1.54, 1.807) is 6.92 Å². The Kier molecular flexibility index (Phi) is 5.08. The first-order valence-corrected chi connectivity index (χ1v) is 4.67. The molecule has 0 rings (SSSR count). The lowest BCUT2D eigenvalue weighted by Gasteiger charge is -2.18. The van der Waals surface area contributed by atoms with Gasteiger partial charge in [-0.25, -0.2) is 4.79 Å². The molecular formula is C11H18O4.